The lowest BCUT2D eigenvalue weighted by atomic mass is 9.92. The number of hydrogen-bond acceptors (Lipinski definition) is 3. The number of nitrogens with one attached hydrogen (secondary N) is 1. The summed E-state index contributed by atoms with van der Waals surface area (Å²) in [5.74, 6) is 0.0558. The van der Waals surface area contributed by atoms with Crippen LogP contribution in [-0.4, -0.2) is 23.4 Å². The number of aliphatic hydroxyl groups excluding tert-OH is 1. The molecule has 2 N–H and O–H groups in total. The van der Waals surface area contributed by atoms with E-state index in [4.69, 9.17) is 0 Å². The quantitative estimate of drug-likeness (QED) is 0.793. The predicted octanol–water partition coefficient (Wildman–Crippen LogP) is 1.53. The maximum atomic E-state index is 12.3. The van der Waals surface area contributed by atoms with Crippen LogP contribution >= 0.6 is 0 Å². The van der Waals surface area contributed by atoms with Crippen LogP contribution in [0.25, 0.3) is 0 Å². The third-order valence-corrected chi connectivity index (χ3v) is 3.90. The Balaban J connectivity index is 1.91. The Hall–Kier alpha value is -1.68. The maximum Gasteiger partial charge on any atom is 0.224 e. The van der Waals surface area contributed by atoms with Gasteiger partial charge in [-0.25, -0.2) is 0 Å². The Kier molecular flexibility index (Phi) is 2.48. The van der Waals surface area contributed by atoms with Crippen LogP contribution in [0.15, 0.2) is 18.2 Å². The number of Topliss-reactive ketones (excluding diaryl/α,β-unsaturated/α-hetero) is 1. The molecule has 0 bridgehead atoms. The van der Waals surface area contributed by atoms with Gasteiger partial charge in [0.2, 0.25) is 5.91 Å². The first-order chi connectivity index (χ1) is 8.64. The van der Waals surface area contributed by atoms with Crippen molar-refractivity contribution in [2.45, 2.75) is 25.7 Å². The van der Waals surface area contributed by atoms with Gasteiger partial charge in [0.15, 0.2) is 5.78 Å². The monoisotopic (exact) mass is 245 g/mol. The van der Waals surface area contributed by atoms with Gasteiger partial charge in [-0.15, -0.1) is 0 Å². The number of carbonyl (C=O) groups excluding carboxylic acids is 2. The molecule has 1 fully saturated rings. The molecule has 94 valence electrons. The zero-order chi connectivity index (χ0) is 12.8. The number of aliphatic hydroxyl groups is 1. The first kappa shape index (κ1) is 11.4. The van der Waals surface area contributed by atoms with E-state index in [9.17, 15) is 14.7 Å². The predicted molar refractivity (Wildman–Crippen MR) is 66.5 cm³/mol. The van der Waals surface area contributed by atoms with Crippen molar-refractivity contribution in [3.05, 3.63) is 29.3 Å². The number of rotatable bonds is 3. The van der Waals surface area contributed by atoms with Gasteiger partial charge in [0.25, 0.3) is 0 Å². The average Bonchev–Trinajstić information content (AvgIpc) is 3.18. The van der Waals surface area contributed by atoms with Crippen LogP contribution in [0.3, 0.4) is 0 Å². The average molecular weight is 245 g/mol. The van der Waals surface area contributed by atoms with E-state index in [1.54, 1.807) is 12.1 Å². The molecule has 3 rings (SSSR count). The summed E-state index contributed by atoms with van der Waals surface area (Å²) < 4.78 is 0. The van der Waals surface area contributed by atoms with E-state index in [0.717, 1.165) is 24.1 Å². The molecule has 1 heterocycles. The van der Waals surface area contributed by atoms with Gasteiger partial charge in [-0.05, 0) is 43.0 Å². The van der Waals surface area contributed by atoms with Crippen molar-refractivity contribution in [1.82, 2.24) is 0 Å². The van der Waals surface area contributed by atoms with Gasteiger partial charge in [-0.1, -0.05) is 0 Å². The number of benzene rings is 1. The van der Waals surface area contributed by atoms with Crippen molar-refractivity contribution >= 4 is 17.4 Å². The first-order valence-corrected chi connectivity index (χ1v) is 6.23. The number of fused-ring (bicyclic) bond motifs is 1. The zero-order valence-electron chi connectivity index (χ0n) is 10.0. The fourth-order valence-electron chi connectivity index (χ4n) is 2.44. The van der Waals surface area contributed by atoms with E-state index in [-0.39, 0.29) is 18.3 Å². The molecule has 0 aromatic heterocycles. The van der Waals surface area contributed by atoms with Crippen LogP contribution in [0.1, 0.15) is 35.2 Å². The minimum absolute atomic E-state index is 0.0237. The van der Waals surface area contributed by atoms with E-state index < -0.39 is 5.41 Å². The molecular weight excluding hydrogens is 230 g/mol. The summed E-state index contributed by atoms with van der Waals surface area (Å²) in [5, 5.41) is 12.1. The van der Waals surface area contributed by atoms with Gasteiger partial charge in [0, 0.05) is 17.7 Å². The highest BCUT2D eigenvalue weighted by atomic mass is 16.3. The molecule has 18 heavy (non-hydrogen) atoms. The van der Waals surface area contributed by atoms with E-state index in [1.807, 2.05) is 6.07 Å². The summed E-state index contributed by atoms with van der Waals surface area (Å²) in [7, 11) is 0. The Morgan fingerprint density at radius 3 is 2.78 bits per heavy atom. The molecule has 1 amide bonds. The highest BCUT2D eigenvalue weighted by molar-refractivity contribution is 6.03. The topological polar surface area (TPSA) is 66.4 Å². The smallest absolute Gasteiger partial charge is 0.224 e. The Morgan fingerprint density at radius 1 is 1.33 bits per heavy atom. The van der Waals surface area contributed by atoms with Crippen LogP contribution in [0.5, 0.6) is 0 Å². The minimum atomic E-state index is -0.522. The summed E-state index contributed by atoms with van der Waals surface area (Å²) in [5.41, 5.74) is 1.94. The number of anilines is 1. The summed E-state index contributed by atoms with van der Waals surface area (Å²) in [6.45, 7) is -0.0698. The molecule has 0 saturated heterocycles. The second-order valence-corrected chi connectivity index (χ2v) is 5.19. The van der Waals surface area contributed by atoms with E-state index in [1.165, 1.54) is 0 Å². The van der Waals surface area contributed by atoms with Crippen molar-refractivity contribution in [3.8, 4) is 0 Å². The number of hydrogen-bond donors (Lipinski definition) is 2. The number of aryl methyl sites for hydroxylation is 1. The normalized spacial score (nSPS) is 19.9. The highest BCUT2D eigenvalue weighted by Crippen LogP contribution is 2.47. The molecule has 0 radical (unpaired) electrons. The van der Waals surface area contributed by atoms with Crippen molar-refractivity contribution in [2.24, 2.45) is 5.41 Å². The number of carbonyl (C=O) groups is 2. The lowest BCUT2D eigenvalue weighted by Gasteiger charge is -2.18. The molecular formula is C14H15NO3. The standard InChI is InChI=1S/C14H15NO3/c16-8-14(5-6-14)13(18)10-1-3-11-9(7-10)2-4-12(17)15-11/h1,3,7,16H,2,4-6,8H2,(H,15,17). The van der Waals surface area contributed by atoms with Crippen molar-refractivity contribution in [3.63, 3.8) is 0 Å². The molecule has 1 aliphatic heterocycles. The Bertz CT molecular complexity index is 532. The molecule has 1 aromatic rings. The second-order valence-electron chi connectivity index (χ2n) is 5.19. The summed E-state index contributed by atoms with van der Waals surface area (Å²) in [6.07, 6.45) is 2.69. The van der Waals surface area contributed by atoms with Gasteiger partial charge in [0.05, 0.1) is 12.0 Å². The first-order valence-electron chi connectivity index (χ1n) is 6.23. The van der Waals surface area contributed by atoms with Crippen molar-refractivity contribution < 1.29 is 14.7 Å². The molecule has 1 aromatic carbocycles. The molecule has 2 aliphatic rings. The van der Waals surface area contributed by atoms with Crippen molar-refractivity contribution in [2.75, 3.05) is 11.9 Å². The van der Waals surface area contributed by atoms with Crippen LogP contribution in [0, 0.1) is 5.41 Å². The van der Waals surface area contributed by atoms with Gasteiger partial charge in [-0.2, -0.15) is 0 Å². The van der Waals surface area contributed by atoms with E-state index in [0.29, 0.717) is 18.4 Å². The molecule has 4 nitrogen and oxygen atoms in total. The van der Waals surface area contributed by atoms with Crippen LogP contribution < -0.4 is 5.32 Å². The highest BCUT2D eigenvalue weighted by Gasteiger charge is 2.49. The van der Waals surface area contributed by atoms with Crippen molar-refractivity contribution in [1.29, 1.82) is 0 Å². The van der Waals surface area contributed by atoms with Crippen LogP contribution in [0.2, 0.25) is 0 Å². The van der Waals surface area contributed by atoms with Gasteiger partial charge in [-0.3, -0.25) is 9.59 Å². The third kappa shape index (κ3) is 1.73. The fourth-order valence-corrected chi connectivity index (χ4v) is 2.44. The summed E-state index contributed by atoms with van der Waals surface area (Å²) in [4.78, 5) is 23.5. The van der Waals surface area contributed by atoms with E-state index >= 15 is 0 Å². The van der Waals surface area contributed by atoms with Crippen LogP contribution in [0.4, 0.5) is 5.69 Å². The molecule has 4 heteroatoms. The van der Waals surface area contributed by atoms with Gasteiger partial charge >= 0.3 is 0 Å². The molecule has 0 atom stereocenters. The largest absolute Gasteiger partial charge is 0.395 e. The summed E-state index contributed by atoms with van der Waals surface area (Å²) >= 11 is 0. The summed E-state index contributed by atoms with van der Waals surface area (Å²) in [6, 6.07) is 5.38. The Labute approximate surface area is 105 Å². The van der Waals surface area contributed by atoms with Crippen LogP contribution in [-0.2, 0) is 11.2 Å². The Morgan fingerprint density at radius 2 is 2.11 bits per heavy atom. The SMILES string of the molecule is O=C1CCc2cc(C(=O)C3(CO)CC3)ccc2N1. The minimum Gasteiger partial charge on any atom is -0.395 e. The zero-order valence-corrected chi connectivity index (χ0v) is 10.0. The lowest BCUT2D eigenvalue weighted by Crippen LogP contribution is -2.22. The fraction of sp³-hybridized carbons (Fsp3) is 0.429. The molecule has 0 spiro atoms. The molecule has 1 aliphatic carbocycles. The number of ketones is 1. The maximum absolute atomic E-state index is 12.3. The van der Waals surface area contributed by atoms with Gasteiger partial charge in [0.1, 0.15) is 0 Å². The van der Waals surface area contributed by atoms with E-state index in [2.05, 4.69) is 5.32 Å². The second kappa shape index (κ2) is 3.92. The molecule has 0 unspecified atom stereocenters. The molecule has 1 saturated carbocycles. The third-order valence-electron chi connectivity index (χ3n) is 3.90. The lowest BCUT2D eigenvalue weighted by molar-refractivity contribution is -0.116. The van der Waals surface area contributed by atoms with Gasteiger partial charge < -0.3 is 10.4 Å². The number of amides is 1.